The van der Waals surface area contributed by atoms with E-state index in [9.17, 15) is 19.7 Å². The lowest BCUT2D eigenvalue weighted by atomic mass is 10.1. The highest BCUT2D eigenvalue weighted by atomic mass is 32.1. The normalized spacial score (nSPS) is 11.3. The summed E-state index contributed by atoms with van der Waals surface area (Å²) in [6.07, 6.45) is 0. The molecule has 0 amide bonds. The van der Waals surface area contributed by atoms with Gasteiger partial charge in [-0.1, -0.05) is 12.1 Å². The van der Waals surface area contributed by atoms with Crippen LogP contribution in [0.25, 0.3) is 0 Å². The molecule has 0 saturated heterocycles. The molecule has 0 bridgehead atoms. The summed E-state index contributed by atoms with van der Waals surface area (Å²) in [5.41, 5.74) is 0.0104. The number of ether oxygens (including phenoxy) is 1. The Morgan fingerprint density at radius 1 is 1.46 bits per heavy atom. The van der Waals surface area contributed by atoms with E-state index in [1.807, 2.05) is 6.07 Å². The number of carbonyl (C=O) groups is 2. The average molecular weight is 345 g/mol. The van der Waals surface area contributed by atoms with E-state index in [0.717, 1.165) is 17.4 Å². The first-order valence-electron chi connectivity index (χ1n) is 6.69. The van der Waals surface area contributed by atoms with E-state index < -0.39 is 34.9 Å². The third-order valence-corrected chi connectivity index (χ3v) is 4.03. The minimum absolute atomic E-state index is 0.256. The molecule has 122 valence electrons. The Balaban J connectivity index is 2.07. The molecule has 1 atom stereocenters. The molecule has 0 saturated carbocycles. The molecule has 0 spiro atoms. The van der Waals surface area contributed by atoms with Crippen LogP contribution in [0.4, 0.5) is 5.69 Å². The molecule has 8 nitrogen and oxygen atoms in total. The number of aryl methyl sites for hydroxylation is 1. The molecule has 0 fully saturated rings. The molecule has 0 aliphatic rings. The van der Waals surface area contributed by atoms with E-state index in [-0.39, 0.29) is 5.56 Å². The monoisotopic (exact) mass is 345 g/mol. The quantitative estimate of drug-likeness (QED) is 0.447. The fraction of sp³-hybridized carbons (Fsp3) is 0.200. The van der Waals surface area contributed by atoms with Crippen molar-refractivity contribution >= 4 is 28.8 Å². The molecule has 1 heterocycles. The van der Waals surface area contributed by atoms with Gasteiger partial charge in [-0.3, -0.25) is 14.9 Å². The SMILES string of the molecule is Cc1csc(C(C#N)C(=O)COC(=O)c2ccccc2[N+](=O)[O-])n1. The first-order chi connectivity index (χ1) is 11.4. The second-order valence-electron chi connectivity index (χ2n) is 4.71. The van der Waals surface area contributed by atoms with Gasteiger partial charge in [-0.15, -0.1) is 11.3 Å². The van der Waals surface area contributed by atoms with Crippen molar-refractivity contribution < 1.29 is 19.2 Å². The number of carbonyl (C=O) groups excluding carboxylic acids is 2. The second kappa shape index (κ2) is 7.43. The van der Waals surface area contributed by atoms with Crippen LogP contribution in [0.1, 0.15) is 27.0 Å². The van der Waals surface area contributed by atoms with Crippen molar-refractivity contribution in [2.45, 2.75) is 12.8 Å². The van der Waals surface area contributed by atoms with Gasteiger partial charge >= 0.3 is 5.97 Å². The standard InChI is InChI=1S/C15H11N3O5S/c1-9-8-24-14(17-9)11(6-16)13(19)7-23-15(20)10-4-2-3-5-12(10)18(21)22/h2-5,8,11H,7H2,1H3. The minimum atomic E-state index is -1.14. The number of Topliss-reactive ketones (excluding diaryl/α,β-unsaturated/α-hetero) is 1. The van der Waals surface area contributed by atoms with Crippen LogP contribution in [0.3, 0.4) is 0 Å². The maximum atomic E-state index is 12.1. The molecular weight excluding hydrogens is 334 g/mol. The molecule has 2 aromatic rings. The molecule has 0 aliphatic heterocycles. The highest BCUT2D eigenvalue weighted by molar-refractivity contribution is 7.09. The van der Waals surface area contributed by atoms with Gasteiger partial charge in [0.05, 0.1) is 11.0 Å². The second-order valence-corrected chi connectivity index (χ2v) is 5.60. The number of para-hydroxylation sites is 1. The summed E-state index contributed by atoms with van der Waals surface area (Å²) in [7, 11) is 0. The Labute approximate surface area is 140 Å². The van der Waals surface area contributed by atoms with Gasteiger partial charge in [0.25, 0.3) is 5.69 Å². The lowest BCUT2D eigenvalue weighted by Crippen LogP contribution is -2.20. The third kappa shape index (κ3) is 3.80. The molecule has 1 unspecified atom stereocenters. The van der Waals surface area contributed by atoms with Crippen LogP contribution in [-0.4, -0.2) is 28.3 Å². The molecule has 0 aliphatic carbocycles. The molecule has 0 radical (unpaired) electrons. The largest absolute Gasteiger partial charge is 0.454 e. The van der Waals surface area contributed by atoms with Crippen LogP contribution in [0, 0.1) is 28.4 Å². The summed E-state index contributed by atoms with van der Waals surface area (Å²) in [6.45, 7) is 1.06. The number of ketones is 1. The number of nitrogens with zero attached hydrogens (tertiary/aromatic N) is 3. The predicted octanol–water partition coefficient (Wildman–Crippen LogP) is 2.39. The predicted molar refractivity (Wildman–Crippen MR) is 83.6 cm³/mol. The fourth-order valence-corrected chi connectivity index (χ4v) is 2.73. The summed E-state index contributed by atoms with van der Waals surface area (Å²) in [6, 6.07) is 7.08. The smallest absolute Gasteiger partial charge is 0.345 e. The first-order valence-corrected chi connectivity index (χ1v) is 7.57. The zero-order valence-corrected chi connectivity index (χ0v) is 13.3. The third-order valence-electron chi connectivity index (χ3n) is 3.00. The van der Waals surface area contributed by atoms with Gasteiger partial charge in [-0.05, 0) is 13.0 Å². The zero-order valence-electron chi connectivity index (χ0n) is 12.5. The van der Waals surface area contributed by atoms with Crippen molar-refractivity contribution in [1.82, 2.24) is 4.98 Å². The average Bonchev–Trinajstić information content (AvgIpc) is 2.99. The Kier molecular flexibility index (Phi) is 5.34. The van der Waals surface area contributed by atoms with Gasteiger partial charge in [0, 0.05) is 17.1 Å². The molecule has 2 rings (SSSR count). The zero-order chi connectivity index (χ0) is 17.7. The van der Waals surface area contributed by atoms with E-state index in [4.69, 9.17) is 10.00 Å². The van der Waals surface area contributed by atoms with Crippen molar-refractivity contribution in [3.05, 3.63) is 56.0 Å². The number of benzene rings is 1. The Morgan fingerprint density at radius 3 is 2.75 bits per heavy atom. The minimum Gasteiger partial charge on any atom is -0.454 e. The number of thiazole rings is 1. The first kappa shape index (κ1) is 17.2. The summed E-state index contributed by atoms with van der Waals surface area (Å²) >= 11 is 1.16. The van der Waals surface area contributed by atoms with Crippen LogP contribution in [-0.2, 0) is 9.53 Å². The Morgan fingerprint density at radius 2 is 2.17 bits per heavy atom. The van der Waals surface area contributed by atoms with Gasteiger partial charge in [-0.2, -0.15) is 5.26 Å². The van der Waals surface area contributed by atoms with Gasteiger partial charge < -0.3 is 4.74 Å². The Bertz CT molecular complexity index is 840. The van der Waals surface area contributed by atoms with Gasteiger partial charge in [0.1, 0.15) is 10.6 Å². The molecule has 1 aromatic carbocycles. The number of nitriles is 1. The van der Waals surface area contributed by atoms with Crippen LogP contribution in [0.15, 0.2) is 29.6 Å². The van der Waals surface area contributed by atoms with Crippen LogP contribution in [0.5, 0.6) is 0 Å². The van der Waals surface area contributed by atoms with Crippen molar-refractivity contribution in [1.29, 1.82) is 5.26 Å². The van der Waals surface area contributed by atoms with Gasteiger partial charge in [-0.25, -0.2) is 9.78 Å². The van der Waals surface area contributed by atoms with E-state index in [1.165, 1.54) is 18.2 Å². The molecule has 24 heavy (non-hydrogen) atoms. The molecule has 9 heteroatoms. The van der Waals surface area contributed by atoms with E-state index >= 15 is 0 Å². The number of rotatable bonds is 6. The van der Waals surface area contributed by atoms with E-state index in [1.54, 1.807) is 12.3 Å². The lowest BCUT2D eigenvalue weighted by molar-refractivity contribution is -0.385. The van der Waals surface area contributed by atoms with Crippen molar-refractivity contribution in [2.24, 2.45) is 0 Å². The summed E-state index contributed by atoms with van der Waals surface area (Å²) in [4.78, 5) is 38.3. The molecule has 0 N–H and O–H groups in total. The Hall–Kier alpha value is -3.12. The number of nitro groups is 1. The lowest BCUT2D eigenvalue weighted by Gasteiger charge is -2.07. The summed E-state index contributed by atoms with van der Waals surface area (Å²) in [5, 5.41) is 22.0. The summed E-state index contributed by atoms with van der Waals surface area (Å²) < 4.78 is 4.82. The fourth-order valence-electron chi connectivity index (χ4n) is 1.87. The highest BCUT2D eigenvalue weighted by Gasteiger charge is 2.26. The van der Waals surface area contributed by atoms with Gasteiger partial charge in [0.15, 0.2) is 18.3 Å². The molecule has 1 aromatic heterocycles. The van der Waals surface area contributed by atoms with Gasteiger partial charge in [0.2, 0.25) is 0 Å². The number of hydrogen-bond acceptors (Lipinski definition) is 8. The number of aromatic nitrogens is 1. The number of nitro benzene ring substituents is 1. The maximum absolute atomic E-state index is 12.1. The van der Waals surface area contributed by atoms with Crippen LogP contribution >= 0.6 is 11.3 Å². The summed E-state index contributed by atoms with van der Waals surface area (Å²) in [5.74, 6) is -2.77. The molecular formula is C15H11N3O5S. The van der Waals surface area contributed by atoms with Crippen molar-refractivity contribution in [2.75, 3.05) is 6.61 Å². The van der Waals surface area contributed by atoms with E-state index in [2.05, 4.69) is 4.98 Å². The topological polar surface area (TPSA) is 123 Å². The van der Waals surface area contributed by atoms with Crippen LogP contribution < -0.4 is 0 Å². The van der Waals surface area contributed by atoms with Crippen molar-refractivity contribution in [3.8, 4) is 6.07 Å². The van der Waals surface area contributed by atoms with Crippen LogP contribution in [0.2, 0.25) is 0 Å². The highest BCUT2D eigenvalue weighted by Crippen LogP contribution is 2.22. The number of hydrogen-bond donors (Lipinski definition) is 0. The van der Waals surface area contributed by atoms with Crippen molar-refractivity contribution in [3.63, 3.8) is 0 Å². The number of esters is 1. The van der Waals surface area contributed by atoms with E-state index in [0.29, 0.717) is 10.7 Å². The maximum Gasteiger partial charge on any atom is 0.345 e.